The van der Waals surface area contributed by atoms with Crippen LogP contribution in [0.5, 0.6) is 5.75 Å². The van der Waals surface area contributed by atoms with Crippen molar-refractivity contribution in [2.45, 2.75) is 116 Å². The molecule has 18 nitrogen and oxygen atoms in total. The Kier molecular flexibility index (Phi) is 20.5. The standard InChI is InChI=1S/C39H46N8O3S.C10H19NO2.C4H6FNO.CH3NO/c1-26-38(51-25-42-26)29-8-5-27(6-9-29)7-12-36(48)47-21-14-28(15-22-47)13-18-46-19-16-32(17-20-46)49-33-4-2-3-30(23-33)37-34-24-31(39(40)43-45-41)10-11-35(34)44-50-37;1-10(2,3)6-9(13)11-5-4-8(12)7-11;5-4(1-2-4)3(6)7;2-1-3/h2-6,8-11,23-25,28,32,45H,7,12-22,41H2,1H3,(H2,40,43);8,12H,4-7H2,1-3H3;1-2H2,(H2,6,7);1H,(H2,2,3). The number of β-amino-alcohol motifs (C(OH)–C–C–N with tert-alkyl or cyclic N) is 1. The van der Waals surface area contributed by atoms with Gasteiger partial charge in [-0.05, 0) is 124 Å². The molecule has 1 saturated carbocycles. The molecule has 3 aliphatic heterocycles. The zero-order valence-corrected chi connectivity index (χ0v) is 44.0. The van der Waals surface area contributed by atoms with Crippen molar-refractivity contribution in [1.29, 1.82) is 0 Å². The number of nitrogens with one attached hydrogen (secondary N) is 1. The second-order valence-corrected chi connectivity index (χ2v) is 21.5. The van der Waals surface area contributed by atoms with Crippen LogP contribution in [0.2, 0.25) is 0 Å². The van der Waals surface area contributed by atoms with E-state index in [1.165, 1.54) is 22.4 Å². The Balaban J connectivity index is 0.000000319. The van der Waals surface area contributed by atoms with Crippen molar-refractivity contribution in [3.63, 3.8) is 0 Å². The number of alkyl halides is 1. The lowest BCUT2D eigenvalue weighted by atomic mass is 9.92. The quantitative estimate of drug-likeness (QED) is 0.0238. The van der Waals surface area contributed by atoms with Gasteiger partial charge in [0, 0.05) is 63.2 Å². The number of primary amides is 2. The van der Waals surface area contributed by atoms with E-state index in [0.717, 1.165) is 111 Å². The minimum atomic E-state index is -1.61. The summed E-state index contributed by atoms with van der Waals surface area (Å²) in [6.45, 7) is 14.4. The summed E-state index contributed by atoms with van der Waals surface area (Å²) >= 11 is 1.67. The Morgan fingerprint density at radius 2 is 1.64 bits per heavy atom. The zero-order valence-electron chi connectivity index (χ0n) is 43.1. The number of benzene rings is 3. The average molecular weight is 1040 g/mol. The van der Waals surface area contributed by atoms with E-state index in [1.807, 2.05) is 54.9 Å². The predicted molar refractivity (Wildman–Crippen MR) is 286 cm³/mol. The summed E-state index contributed by atoms with van der Waals surface area (Å²) in [5.74, 6) is 7.37. The number of nitrogens with zero attached hydrogens (tertiary/aromatic N) is 6. The maximum absolute atomic E-state index is 13.0. The summed E-state index contributed by atoms with van der Waals surface area (Å²) in [5.41, 5.74) is 23.2. The second-order valence-electron chi connectivity index (χ2n) is 20.6. The van der Waals surface area contributed by atoms with Gasteiger partial charge < -0.3 is 46.3 Å². The molecule has 3 aromatic carbocycles. The lowest BCUT2D eigenvalue weighted by Gasteiger charge is -2.35. The number of ether oxygens (including phenoxy) is 1. The summed E-state index contributed by atoms with van der Waals surface area (Å²) in [6, 6.07) is 22.2. The summed E-state index contributed by atoms with van der Waals surface area (Å²) in [5, 5.41) is 18.2. The molecule has 1 aliphatic carbocycles. The Morgan fingerprint density at radius 3 is 2.22 bits per heavy atom. The number of hydrazine groups is 1. The van der Waals surface area contributed by atoms with E-state index in [0.29, 0.717) is 43.9 Å². The first-order valence-corrected chi connectivity index (χ1v) is 26.3. The van der Waals surface area contributed by atoms with Gasteiger partial charge in [0.15, 0.2) is 17.3 Å². The van der Waals surface area contributed by atoms with Crippen LogP contribution in [-0.4, -0.2) is 124 Å². The van der Waals surface area contributed by atoms with E-state index < -0.39 is 11.6 Å². The number of rotatable bonds is 14. The largest absolute Gasteiger partial charge is 0.490 e. The fraction of sp³-hybridized carbons (Fsp3) is 0.500. The molecular formula is C54H74FN11O7S. The topological polar surface area (TPSA) is 275 Å². The summed E-state index contributed by atoms with van der Waals surface area (Å²) in [6.07, 6.45) is 8.78. The molecule has 4 aliphatic rings. The smallest absolute Gasteiger partial charge is 0.255 e. The molecule has 20 heteroatoms. The van der Waals surface area contributed by atoms with Crippen molar-refractivity contribution in [3.05, 3.63) is 89.1 Å². The van der Waals surface area contributed by atoms with E-state index in [4.69, 9.17) is 25.6 Å². The summed E-state index contributed by atoms with van der Waals surface area (Å²) in [7, 11) is 0. The molecule has 3 saturated heterocycles. The molecule has 4 amide bonds. The number of halogens is 1. The molecule has 10 N–H and O–H groups in total. The van der Waals surface area contributed by atoms with Gasteiger partial charge in [0.1, 0.15) is 17.4 Å². The highest BCUT2D eigenvalue weighted by molar-refractivity contribution is 7.13. The van der Waals surface area contributed by atoms with E-state index in [-0.39, 0.29) is 41.7 Å². The minimum absolute atomic E-state index is 0.0463. The molecule has 0 radical (unpaired) electrons. The number of carbonyl (C=O) groups is 4. The number of aliphatic hydroxyl groups excluding tert-OH is 1. The lowest BCUT2D eigenvalue weighted by molar-refractivity contribution is -0.133. The van der Waals surface area contributed by atoms with E-state index in [2.05, 4.69) is 87.1 Å². The molecule has 1 unspecified atom stereocenters. The number of hydrogen-bond donors (Lipinski definition) is 6. The number of amidine groups is 1. The highest BCUT2D eigenvalue weighted by Crippen LogP contribution is 2.39. The van der Waals surface area contributed by atoms with Crippen molar-refractivity contribution in [2.75, 3.05) is 45.8 Å². The number of nitrogens with two attached hydrogens (primary N) is 4. The lowest BCUT2D eigenvalue weighted by Crippen LogP contribution is -2.41. The van der Waals surface area contributed by atoms with Crippen LogP contribution >= 0.6 is 11.3 Å². The maximum Gasteiger partial charge on any atom is 0.255 e. The van der Waals surface area contributed by atoms with Crippen molar-refractivity contribution in [2.24, 2.45) is 39.5 Å². The highest BCUT2D eigenvalue weighted by Gasteiger charge is 2.49. The maximum atomic E-state index is 13.0. The predicted octanol–water partition coefficient (Wildman–Crippen LogP) is 6.21. The van der Waals surface area contributed by atoms with Gasteiger partial charge in [-0.2, -0.15) is 0 Å². The van der Waals surface area contributed by atoms with Gasteiger partial charge in [0.2, 0.25) is 18.2 Å². The molecule has 5 heterocycles. The Morgan fingerprint density at radius 1 is 0.946 bits per heavy atom. The Bertz CT molecular complexity index is 2650. The van der Waals surface area contributed by atoms with Crippen LogP contribution in [-0.2, 0) is 25.6 Å². The van der Waals surface area contributed by atoms with Crippen LogP contribution in [0.15, 0.2) is 81.9 Å². The third kappa shape index (κ3) is 16.8. The third-order valence-corrected chi connectivity index (χ3v) is 14.6. The van der Waals surface area contributed by atoms with Gasteiger partial charge >= 0.3 is 0 Å². The van der Waals surface area contributed by atoms with Crippen LogP contribution in [0.1, 0.15) is 102 Å². The number of hydrogen-bond acceptors (Lipinski definition) is 14. The van der Waals surface area contributed by atoms with Crippen LogP contribution in [0.25, 0.3) is 32.7 Å². The fourth-order valence-electron chi connectivity index (χ4n) is 9.13. The van der Waals surface area contributed by atoms with Crippen molar-refractivity contribution in [3.8, 4) is 27.5 Å². The molecule has 0 spiro atoms. The highest BCUT2D eigenvalue weighted by atomic mass is 32.1. The van der Waals surface area contributed by atoms with Gasteiger partial charge in [0.25, 0.3) is 5.91 Å². The zero-order chi connectivity index (χ0) is 53.4. The number of hydrazone groups is 1. The SMILES string of the molecule is CC(C)(C)CC(=O)N1CCC(O)C1.Cc1ncsc1-c1ccc(CCC(=O)N2CCC(CCN3CCC(Oc4cccc(-c5onc6ccc(/C(N)=N/NN)cc56)c4)CC3)CC2)cc1.NC(=O)C1(F)CC1.NC=O. The summed E-state index contributed by atoms with van der Waals surface area (Å²) in [4.78, 5) is 55.1. The molecular weight excluding hydrogens is 966 g/mol. The molecule has 400 valence electrons. The first-order valence-electron chi connectivity index (χ1n) is 25.4. The number of likely N-dealkylation sites (tertiary alicyclic amines) is 3. The molecule has 74 heavy (non-hydrogen) atoms. The number of amides is 4. The van der Waals surface area contributed by atoms with Gasteiger partial charge in [-0.1, -0.05) is 62.3 Å². The Labute approximate surface area is 437 Å². The van der Waals surface area contributed by atoms with Crippen LogP contribution < -0.4 is 33.3 Å². The molecule has 5 aromatic rings. The van der Waals surface area contributed by atoms with E-state index in [1.54, 1.807) is 16.2 Å². The van der Waals surface area contributed by atoms with Crippen LogP contribution in [0.3, 0.4) is 0 Å². The number of carbonyl (C=O) groups excluding carboxylic acids is 4. The molecule has 4 fully saturated rings. The first-order chi connectivity index (χ1) is 35.4. The molecule has 2 aromatic heterocycles. The average Bonchev–Trinajstić information content (AvgIpc) is 3.65. The minimum Gasteiger partial charge on any atom is -0.490 e. The van der Waals surface area contributed by atoms with Crippen molar-refractivity contribution >= 4 is 52.2 Å². The first kappa shape index (κ1) is 56.8. The normalized spacial score (nSPS) is 18.0. The summed E-state index contributed by atoms with van der Waals surface area (Å²) < 4.78 is 24.3. The van der Waals surface area contributed by atoms with Crippen LogP contribution in [0, 0.1) is 18.3 Å². The van der Waals surface area contributed by atoms with Gasteiger partial charge in [-0.25, -0.2) is 20.8 Å². The van der Waals surface area contributed by atoms with Crippen molar-refractivity contribution in [1.82, 2.24) is 30.4 Å². The third-order valence-electron chi connectivity index (χ3n) is 13.6. The Hall–Kier alpha value is -6.48. The van der Waals surface area contributed by atoms with Gasteiger partial charge in [0.05, 0.1) is 27.6 Å². The second kappa shape index (κ2) is 26.6. The molecule has 0 bridgehead atoms. The van der Waals surface area contributed by atoms with Gasteiger partial charge in [-0.15, -0.1) is 16.4 Å². The number of thiazole rings is 1. The number of fused-ring (bicyclic) bond motifs is 1. The number of aryl methyl sites for hydroxylation is 2. The molecule has 9 rings (SSSR count). The van der Waals surface area contributed by atoms with Crippen molar-refractivity contribution < 1.29 is 37.9 Å². The fourth-order valence-corrected chi connectivity index (χ4v) is 9.95. The number of aromatic nitrogens is 2. The molecule has 1 atom stereocenters. The van der Waals surface area contributed by atoms with E-state index in [9.17, 15) is 23.9 Å². The number of aliphatic hydroxyl groups is 1. The van der Waals surface area contributed by atoms with Crippen LogP contribution in [0.4, 0.5) is 4.39 Å². The monoisotopic (exact) mass is 1040 g/mol. The van der Waals surface area contributed by atoms with Gasteiger partial charge in [-0.3, -0.25) is 19.2 Å². The van der Waals surface area contributed by atoms with E-state index >= 15 is 0 Å². The number of piperidine rings is 2.